The number of aryl methyl sites for hydroxylation is 3. The van der Waals surface area contributed by atoms with Gasteiger partial charge in [0, 0.05) is 11.8 Å². The number of sulfonamides is 1. The molecule has 27 heavy (non-hydrogen) atoms. The normalized spacial score (nSPS) is 12.6. The van der Waals surface area contributed by atoms with Gasteiger partial charge in [-0.15, -0.1) is 0 Å². The predicted molar refractivity (Wildman–Crippen MR) is 102 cm³/mol. The molecule has 0 heterocycles. The number of amides is 1. The molecule has 5 nitrogen and oxygen atoms in total. The maximum absolute atomic E-state index is 13.6. The van der Waals surface area contributed by atoms with Crippen LogP contribution in [0.3, 0.4) is 0 Å². The first-order chi connectivity index (χ1) is 12.4. The Balaban J connectivity index is 2.40. The largest absolute Gasteiger partial charge is 0.324 e. The van der Waals surface area contributed by atoms with Gasteiger partial charge < -0.3 is 5.32 Å². The molecule has 8 heteroatoms. The molecule has 146 valence electrons. The molecular weight excluding hydrogens is 374 g/mol. The lowest BCUT2D eigenvalue weighted by molar-refractivity contribution is -0.116. The molecule has 0 aromatic heterocycles. The van der Waals surface area contributed by atoms with Crippen LogP contribution in [0, 0.1) is 32.4 Å². The van der Waals surface area contributed by atoms with Crippen molar-refractivity contribution in [2.75, 3.05) is 15.9 Å². The molecule has 2 aromatic carbocycles. The Kier molecular flexibility index (Phi) is 5.89. The molecule has 2 rings (SSSR count). The molecule has 0 aliphatic heterocycles. The van der Waals surface area contributed by atoms with E-state index in [9.17, 15) is 22.0 Å². The van der Waals surface area contributed by atoms with Crippen molar-refractivity contribution >= 4 is 27.3 Å². The van der Waals surface area contributed by atoms with E-state index in [-0.39, 0.29) is 5.69 Å². The number of hydrogen-bond acceptors (Lipinski definition) is 3. The fourth-order valence-corrected chi connectivity index (χ4v) is 4.20. The molecule has 1 atom stereocenters. The topological polar surface area (TPSA) is 66.5 Å². The van der Waals surface area contributed by atoms with Gasteiger partial charge in [0.25, 0.3) is 0 Å². The van der Waals surface area contributed by atoms with Crippen LogP contribution in [0.4, 0.5) is 20.2 Å². The fraction of sp³-hybridized carbons (Fsp3) is 0.316. The standard InChI is InChI=1S/C19H22F2N2O3S/c1-11-8-12(2)18(13(3)9-11)22-19(24)14(4)23(27(5,25)26)15-6-7-16(20)17(21)10-15/h6-10,14H,1-5H3,(H,22,24)/t14-/m0/s1. The van der Waals surface area contributed by atoms with Crippen molar-refractivity contribution in [3.8, 4) is 0 Å². The minimum absolute atomic E-state index is 0.128. The van der Waals surface area contributed by atoms with Gasteiger partial charge >= 0.3 is 0 Å². The molecule has 0 saturated heterocycles. The van der Waals surface area contributed by atoms with Crippen molar-refractivity contribution in [1.82, 2.24) is 0 Å². The molecule has 0 bridgehead atoms. The van der Waals surface area contributed by atoms with Crippen molar-refractivity contribution in [3.63, 3.8) is 0 Å². The lowest BCUT2D eigenvalue weighted by Gasteiger charge is -2.28. The van der Waals surface area contributed by atoms with E-state index in [0.29, 0.717) is 5.69 Å². The summed E-state index contributed by atoms with van der Waals surface area (Å²) in [6, 6.07) is 5.31. The summed E-state index contributed by atoms with van der Waals surface area (Å²) in [4.78, 5) is 12.7. The third-order valence-electron chi connectivity index (χ3n) is 4.17. The number of nitrogens with one attached hydrogen (secondary N) is 1. The second-order valence-corrected chi connectivity index (χ2v) is 8.46. The van der Waals surface area contributed by atoms with Gasteiger partial charge in [-0.1, -0.05) is 17.7 Å². The second-order valence-electron chi connectivity index (χ2n) is 6.60. The molecule has 0 saturated carbocycles. The zero-order valence-electron chi connectivity index (χ0n) is 15.8. The molecule has 1 N–H and O–H groups in total. The van der Waals surface area contributed by atoms with Crippen LogP contribution in [-0.2, 0) is 14.8 Å². The summed E-state index contributed by atoms with van der Waals surface area (Å²) in [6.45, 7) is 6.99. The highest BCUT2D eigenvalue weighted by Gasteiger charge is 2.30. The van der Waals surface area contributed by atoms with Crippen molar-refractivity contribution < 1.29 is 22.0 Å². The Labute approximate surface area is 158 Å². The Hall–Kier alpha value is -2.48. The van der Waals surface area contributed by atoms with E-state index in [4.69, 9.17) is 0 Å². The lowest BCUT2D eigenvalue weighted by Crippen LogP contribution is -2.45. The van der Waals surface area contributed by atoms with Gasteiger partial charge in [-0.05, 0) is 51.0 Å². The number of benzene rings is 2. The second kappa shape index (κ2) is 7.64. The maximum atomic E-state index is 13.6. The zero-order chi connectivity index (χ0) is 20.5. The highest BCUT2D eigenvalue weighted by atomic mass is 32.2. The van der Waals surface area contributed by atoms with Gasteiger partial charge in [0.2, 0.25) is 15.9 Å². The first kappa shape index (κ1) is 20.8. The average molecular weight is 396 g/mol. The van der Waals surface area contributed by atoms with E-state index in [0.717, 1.165) is 45.5 Å². The molecule has 2 aromatic rings. The van der Waals surface area contributed by atoms with E-state index in [2.05, 4.69) is 5.32 Å². The zero-order valence-corrected chi connectivity index (χ0v) is 16.6. The Morgan fingerprint density at radius 1 is 1.04 bits per heavy atom. The molecule has 0 fully saturated rings. The SMILES string of the molecule is Cc1cc(C)c(NC(=O)[C@H](C)N(c2ccc(F)c(F)c2)S(C)(=O)=O)c(C)c1. The Morgan fingerprint density at radius 3 is 2.07 bits per heavy atom. The number of nitrogens with zero attached hydrogens (tertiary/aromatic N) is 1. The van der Waals surface area contributed by atoms with Crippen LogP contribution in [-0.4, -0.2) is 26.6 Å². The number of carbonyl (C=O) groups is 1. The molecular formula is C19H22F2N2O3S. The van der Waals surface area contributed by atoms with Crippen LogP contribution >= 0.6 is 0 Å². The van der Waals surface area contributed by atoms with E-state index < -0.39 is 33.6 Å². The number of hydrogen-bond donors (Lipinski definition) is 1. The van der Waals surface area contributed by atoms with Gasteiger partial charge in [-0.3, -0.25) is 9.10 Å². The Morgan fingerprint density at radius 2 is 1.59 bits per heavy atom. The summed E-state index contributed by atoms with van der Waals surface area (Å²) in [7, 11) is -3.93. The van der Waals surface area contributed by atoms with Gasteiger partial charge in [0.05, 0.1) is 11.9 Å². The Bertz CT molecular complexity index is 967. The lowest BCUT2D eigenvalue weighted by atomic mass is 10.0. The number of anilines is 2. The van der Waals surface area contributed by atoms with Gasteiger partial charge in [-0.25, -0.2) is 17.2 Å². The number of halogens is 2. The van der Waals surface area contributed by atoms with Gasteiger partial charge in [0.15, 0.2) is 11.6 Å². The summed E-state index contributed by atoms with van der Waals surface area (Å²) in [6.07, 6.45) is 0.903. The predicted octanol–water partition coefficient (Wildman–Crippen LogP) is 3.68. The third-order valence-corrected chi connectivity index (χ3v) is 5.41. The van der Waals surface area contributed by atoms with E-state index in [1.165, 1.54) is 6.92 Å². The van der Waals surface area contributed by atoms with Crippen molar-refractivity contribution in [3.05, 3.63) is 58.7 Å². The minimum atomic E-state index is -3.93. The van der Waals surface area contributed by atoms with E-state index in [1.807, 2.05) is 32.9 Å². The summed E-state index contributed by atoms with van der Waals surface area (Å²) in [5, 5.41) is 2.74. The van der Waals surface area contributed by atoms with Crippen LogP contribution in [0.2, 0.25) is 0 Å². The third kappa shape index (κ3) is 4.63. The first-order valence-corrected chi connectivity index (χ1v) is 10.1. The molecule has 0 unspecified atom stereocenters. The number of rotatable bonds is 5. The van der Waals surface area contributed by atoms with Gasteiger partial charge in [-0.2, -0.15) is 0 Å². The van der Waals surface area contributed by atoms with Crippen molar-refractivity contribution in [1.29, 1.82) is 0 Å². The van der Waals surface area contributed by atoms with Crippen LogP contribution < -0.4 is 9.62 Å². The molecule has 0 spiro atoms. The quantitative estimate of drug-likeness (QED) is 0.838. The smallest absolute Gasteiger partial charge is 0.248 e. The summed E-state index contributed by atoms with van der Waals surface area (Å²) < 4.78 is 52.0. The fourth-order valence-electron chi connectivity index (χ4n) is 3.04. The molecule has 0 aliphatic carbocycles. The summed E-state index contributed by atoms with van der Waals surface area (Å²) in [5.74, 6) is -2.88. The highest BCUT2D eigenvalue weighted by molar-refractivity contribution is 7.92. The first-order valence-electron chi connectivity index (χ1n) is 8.25. The van der Waals surface area contributed by atoms with Gasteiger partial charge in [0.1, 0.15) is 6.04 Å². The summed E-state index contributed by atoms with van der Waals surface area (Å²) in [5.41, 5.74) is 3.18. The minimum Gasteiger partial charge on any atom is -0.324 e. The summed E-state index contributed by atoms with van der Waals surface area (Å²) >= 11 is 0. The van der Waals surface area contributed by atoms with E-state index in [1.54, 1.807) is 0 Å². The molecule has 1 amide bonds. The molecule has 0 aliphatic rings. The number of carbonyl (C=O) groups excluding carboxylic acids is 1. The average Bonchev–Trinajstić information content (AvgIpc) is 2.52. The van der Waals surface area contributed by atoms with Crippen LogP contribution in [0.5, 0.6) is 0 Å². The van der Waals surface area contributed by atoms with Crippen molar-refractivity contribution in [2.24, 2.45) is 0 Å². The van der Waals surface area contributed by atoms with E-state index >= 15 is 0 Å². The van der Waals surface area contributed by atoms with Crippen LogP contribution in [0.1, 0.15) is 23.6 Å². The maximum Gasteiger partial charge on any atom is 0.248 e. The molecule has 0 radical (unpaired) electrons. The highest BCUT2D eigenvalue weighted by Crippen LogP contribution is 2.26. The monoisotopic (exact) mass is 396 g/mol. The van der Waals surface area contributed by atoms with Crippen LogP contribution in [0.15, 0.2) is 30.3 Å². The van der Waals surface area contributed by atoms with Crippen LogP contribution in [0.25, 0.3) is 0 Å². The van der Waals surface area contributed by atoms with Crippen molar-refractivity contribution in [2.45, 2.75) is 33.7 Å².